The van der Waals surface area contributed by atoms with Crippen molar-refractivity contribution in [3.8, 4) is 5.75 Å². The fraction of sp³-hybridized carbons (Fsp3) is 0.364. The molecule has 1 amide bonds. The lowest BCUT2D eigenvalue weighted by Gasteiger charge is -2.43. The van der Waals surface area contributed by atoms with Crippen LogP contribution in [0.3, 0.4) is 0 Å². The summed E-state index contributed by atoms with van der Waals surface area (Å²) >= 11 is 0. The first-order chi connectivity index (χ1) is 13.4. The minimum absolute atomic E-state index is 0.0219. The molecular formula is C22H25NO5. The molecule has 2 aromatic rings. The molecule has 1 fully saturated rings. The number of piperidine rings is 1. The lowest BCUT2D eigenvalue weighted by Crippen LogP contribution is -2.57. The first-order valence-electron chi connectivity index (χ1n) is 9.31. The van der Waals surface area contributed by atoms with E-state index in [1.165, 1.54) is 0 Å². The van der Waals surface area contributed by atoms with Crippen molar-refractivity contribution >= 4 is 11.9 Å². The molecule has 28 heavy (non-hydrogen) atoms. The van der Waals surface area contributed by atoms with Crippen LogP contribution in [0.15, 0.2) is 54.6 Å². The number of carboxylic acid groups (broad SMARTS) is 1. The number of likely N-dealkylation sites (tertiary alicyclic amines) is 1. The number of benzene rings is 2. The predicted octanol–water partition coefficient (Wildman–Crippen LogP) is 2.14. The lowest BCUT2D eigenvalue weighted by molar-refractivity contribution is -0.165. The van der Waals surface area contributed by atoms with Gasteiger partial charge in [0.1, 0.15) is 11.2 Å². The number of hydrogen-bond acceptors (Lipinski definition) is 4. The second-order valence-corrected chi connectivity index (χ2v) is 7.25. The van der Waals surface area contributed by atoms with Gasteiger partial charge in [-0.25, -0.2) is 0 Å². The standard InChI is InChI=1S/C22H25NO5/c1-28-18-9-7-16(8-10-18)13-20(25)23-12-11-22(21(26)27,19(24)15-23)14-17-5-3-2-4-6-17/h2-10,19,24H,11-15H2,1H3,(H,26,27)/t19-,22+/m0/s1. The van der Waals surface area contributed by atoms with Gasteiger partial charge in [-0.15, -0.1) is 0 Å². The van der Waals surface area contributed by atoms with Crippen LogP contribution in [-0.4, -0.2) is 53.3 Å². The molecule has 2 atom stereocenters. The number of aliphatic hydroxyl groups is 1. The van der Waals surface area contributed by atoms with Gasteiger partial charge in [0.25, 0.3) is 0 Å². The molecule has 0 unspecified atom stereocenters. The molecule has 6 heteroatoms. The summed E-state index contributed by atoms with van der Waals surface area (Å²) in [6.07, 6.45) is -0.466. The van der Waals surface area contributed by atoms with Gasteiger partial charge in [-0.1, -0.05) is 42.5 Å². The highest BCUT2D eigenvalue weighted by molar-refractivity contribution is 5.80. The summed E-state index contributed by atoms with van der Waals surface area (Å²) < 4.78 is 5.11. The fourth-order valence-electron chi connectivity index (χ4n) is 3.72. The van der Waals surface area contributed by atoms with E-state index in [0.29, 0.717) is 6.54 Å². The summed E-state index contributed by atoms with van der Waals surface area (Å²) in [6.45, 7) is 0.333. The molecule has 1 saturated heterocycles. The SMILES string of the molecule is COc1ccc(CC(=O)N2CC[C@](Cc3ccccc3)(C(=O)O)[C@@H](O)C2)cc1. The number of carboxylic acids is 1. The largest absolute Gasteiger partial charge is 0.497 e. The van der Waals surface area contributed by atoms with Gasteiger partial charge in [0, 0.05) is 13.1 Å². The first kappa shape index (κ1) is 19.9. The number of rotatable bonds is 6. The van der Waals surface area contributed by atoms with E-state index in [9.17, 15) is 19.8 Å². The van der Waals surface area contributed by atoms with Crippen molar-refractivity contribution in [2.75, 3.05) is 20.2 Å². The van der Waals surface area contributed by atoms with Crippen LogP contribution in [0.1, 0.15) is 17.5 Å². The summed E-state index contributed by atoms with van der Waals surface area (Å²) in [4.78, 5) is 26.2. The minimum Gasteiger partial charge on any atom is -0.497 e. The number of carbonyl (C=O) groups is 2. The highest BCUT2D eigenvalue weighted by Gasteiger charge is 2.49. The molecule has 3 rings (SSSR count). The van der Waals surface area contributed by atoms with E-state index < -0.39 is 17.5 Å². The Hall–Kier alpha value is -2.86. The molecule has 0 spiro atoms. The summed E-state index contributed by atoms with van der Waals surface area (Å²) in [6, 6.07) is 16.5. The molecule has 1 aliphatic rings. The van der Waals surface area contributed by atoms with Crippen molar-refractivity contribution in [1.29, 1.82) is 0 Å². The molecule has 1 aliphatic heterocycles. The van der Waals surface area contributed by atoms with Crippen molar-refractivity contribution in [2.45, 2.75) is 25.4 Å². The molecule has 0 bridgehead atoms. The Morgan fingerprint density at radius 1 is 1.11 bits per heavy atom. The van der Waals surface area contributed by atoms with Gasteiger partial charge in [0.05, 0.1) is 19.6 Å². The summed E-state index contributed by atoms with van der Waals surface area (Å²) in [5, 5.41) is 20.6. The number of methoxy groups -OCH3 is 1. The monoisotopic (exact) mass is 383 g/mol. The number of hydrogen-bond donors (Lipinski definition) is 2. The van der Waals surface area contributed by atoms with Gasteiger partial charge < -0.3 is 19.8 Å². The molecule has 0 radical (unpaired) electrons. The van der Waals surface area contributed by atoms with Crippen molar-refractivity contribution < 1.29 is 24.5 Å². The molecule has 0 aromatic heterocycles. The van der Waals surface area contributed by atoms with Gasteiger partial charge in [-0.2, -0.15) is 0 Å². The van der Waals surface area contributed by atoms with E-state index >= 15 is 0 Å². The van der Waals surface area contributed by atoms with Crippen molar-refractivity contribution in [3.63, 3.8) is 0 Å². The Morgan fingerprint density at radius 3 is 2.36 bits per heavy atom. The molecule has 1 heterocycles. The maximum Gasteiger partial charge on any atom is 0.312 e. The van der Waals surface area contributed by atoms with Crippen LogP contribution in [-0.2, 0) is 22.4 Å². The number of nitrogens with zero attached hydrogens (tertiary/aromatic N) is 1. The number of carbonyl (C=O) groups excluding carboxylic acids is 1. The molecule has 148 valence electrons. The second-order valence-electron chi connectivity index (χ2n) is 7.25. The Bertz CT molecular complexity index is 821. The van der Waals surface area contributed by atoms with E-state index in [0.717, 1.165) is 16.9 Å². The van der Waals surface area contributed by atoms with Crippen molar-refractivity contribution in [3.05, 3.63) is 65.7 Å². The number of aliphatic hydroxyl groups excluding tert-OH is 1. The lowest BCUT2D eigenvalue weighted by atomic mass is 9.71. The molecular weight excluding hydrogens is 358 g/mol. The summed E-state index contributed by atoms with van der Waals surface area (Å²) in [7, 11) is 1.58. The van der Waals surface area contributed by atoms with E-state index in [1.54, 1.807) is 24.1 Å². The van der Waals surface area contributed by atoms with Crippen LogP contribution in [0.4, 0.5) is 0 Å². The average molecular weight is 383 g/mol. The quantitative estimate of drug-likeness (QED) is 0.798. The first-order valence-corrected chi connectivity index (χ1v) is 9.31. The maximum atomic E-state index is 12.6. The third-order valence-electron chi connectivity index (χ3n) is 5.51. The minimum atomic E-state index is -1.28. The zero-order valence-corrected chi connectivity index (χ0v) is 15.9. The Balaban J connectivity index is 1.68. The normalized spacial score (nSPS) is 21.9. The second kappa shape index (κ2) is 8.44. The Labute approximate surface area is 164 Å². The van der Waals surface area contributed by atoms with Gasteiger partial charge >= 0.3 is 5.97 Å². The smallest absolute Gasteiger partial charge is 0.312 e. The van der Waals surface area contributed by atoms with Crippen molar-refractivity contribution in [2.24, 2.45) is 5.41 Å². The highest BCUT2D eigenvalue weighted by Crippen LogP contribution is 2.36. The van der Waals surface area contributed by atoms with Gasteiger partial charge in [-0.3, -0.25) is 9.59 Å². The zero-order valence-electron chi connectivity index (χ0n) is 15.9. The molecule has 6 nitrogen and oxygen atoms in total. The fourth-order valence-corrected chi connectivity index (χ4v) is 3.72. The predicted molar refractivity (Wildman–Crippen MR) is 104 cm³/mol. The third kappa shape index (κ3) is 4.17. The van der Waals surface area contributed by atoms with E-state index in [4.69, 9.17) is 4.74 Å². The number of aliphatic carboxylic acids is 1. The molecule has 2 aromatic carbocycles. The highest BCUT2D eigenvalue weighted by atomic mass is 16.5. The van der Waals surface area contributed by atoms with Gasteiger partial charge in [0.15, 0.2) is 0 Å². The van der Waals surface area contributed by atoms with Crippen molar-refractivity contribution in [1.82, 2.24) is 4.90 Å². The Morgan fingerprint density at radius 2 is 1.79 bits per heavy atom. The van der Waals surface area contributed by atoms with Crippen LogP contribution in [0.2, 0.25) is 0 Å². The molecule has 2 N–H and O–H groups in total. The number of ether oxygens (including phenoxy) is 1. The summed E-state index contributed by atoms with van der Waals surface area (Å²) in [5.41, 5.74) is 0.430. The van der Waals surface area contributed by atoms with E-state index in [1.807, 2.05) is 42.5 Å². The van der Waals surface area contributed by atoms with Gasteiger partial charge in [-0.05, 0) is 36.1 Å². The van der Waals surface area contributed by atoms with Crippen LogP contribution in [0.5, 0.6) is 5.75 Å². The topological polar surface area (TPSA) is 87.1 Å². The molecule has 0 aliphatic carbocycles. The number of amides is 1. The van der Waals surface area contributed by atoms with Crippen LogP contribution in [0.25, 0.3) is 0 Å². The zero-order chi connectivity index (χ0) is 20.1. The maximum absolute atomic E-state index is 12.6. The van der Waals surface area contributed by atoms with Gasteiger partial charge in [0.2, 0.25) is 5.91 Å². The third-order valence-corrected chi connectivity index (χ3v) is 5.51. The Kier molecular flexibility index (Phi) is 5.99. The van der Waals surface area contributed by atoms with Crippen LogP contribution >= 0.6 is 0 Å². The number of β-amino-alcohol motifs (C(OH)–C–C–N with tert-alkyl or cyclic N) is 1. The molecule has 0 saturated carbocycles. The average Bonchev–Trinajstić information content (AvgIpc) is 2.70. The summed E-state index contributed by atoms with van der Waals surface area (Å²) in [5.74, 6) is -0.425. The van der Waals surface area contributed by atoms with E-state index in [2.05, 4.69) is 0 Å². The van der Waals surface area contributed by atoms with Crippen LogP contribution in [0, 0.1) is 5.41 Å². The van der Waals surface area contributed by atoms with E-state index in [-0.39, 0.29) is 31.7 Å². The van der Waals surface area contributed by atoms with Crippen LogP contribution < -0.4 is 4.74 Å².